The smallest absolute Gasteiger partial charge is 0.312 e. The van der Waals surface area contributed by atoms with E-state index in [9.17, 15) is 4.79 Å². The average Bonchev–Trinajstić information content (AvgIpc) is 2.73. The van der Waals surface area contributed by atoms with Crippen LogP contribution in [-0.4, -0.2) is 12.6 Å². The molecule has 3 unspecified atom stereocenters. The highest BCUT2D eigenvalue weighted by Gasteiger charge is 2.53. The van der Waals surface area contributed by atoms with Crippen LogP contribution >= 0.6 is 0 Å². The summed E-state index contributed by atoms with van der Waals surface area (Å²) in [5.41, 5.74) is -0.141. The SMILES string of the molecule is CCCOC(=O)C1(C)CC2CCC1C2. The first-order valence-electron chi connectivity index (χ1n) is 5.84. The third-order valence-corrected chi connectivity index (χ3v) is 4.06. The van der Waals surface area contributed by atoms with Gasteiger partial charge >= 0.3 is 5.97 Å². The summed E-state index contributed by atoms with van der Waals surface area (Å²) in [6, 6.07) is 0. The lowest BCUT2D eigenvalue weighted by atomic mass is 9.75. The number of hydrogen-bond donors (Lipinski definition) is 0. The summed E-state index contributed by atoms with van der Waals surface area (Å²) in [6.07, 6.45) is 5.83. The lowest BCUT2D eigenvalue weighted by molar-refractivity contribution is -0.158. The van der Waals surface area contributed by atoms with Gasteiger partial charge in [-0.15, -0.1) is 0 Å². The number of ether oxygens (including phenoxy) is 1. The topological polar surface area (TPSA) is 26.3 Å². The number of hydrogen-bond acceptors (Lipinski definition) is 2. The van der Waals surface area contributed by atoms with Crippen LogP contribution in [0.15, 0.2) is 0 Å². The van der Waals surface area contributed by atoms with Crippen LogP contribution in [0.3, 0.4) is 0 Å². The van der Waals surface area contributed by atoms with Gasteiger partial charge in [0.05, 0.1) is 12.0 Å². The lowest BCUT2D eigenvalue weighted by Gasteiger charge is -2.31. The zero-order valence-electron chi connectivity index (χ0n) is 9.21. The molecule has 2 rings (SSSR count). The van der Waals surface area contributed by atoms with Gasteiger partial charge in [0.1, 0.15) is 0 Å². The number of esters is 1. The highest BCUT2D eigenvalue weighted by atomic mass is 16.5. The maximum absolute atomic E-state index is 11.9. The van der Waals surface area contributed by atoms with Crippen LogP contribution in [0.5, 0.6) is 0 Å². The van der Waals surface area contributed by atoms with Crippen LogP contribution < -0.4 is 0 Å². The van der Waals surface area contributed by atoms with Gasteiger partial charge in [-0.2, -0.15) is 0 Å². The first-order valence-corrected chi connectivity index (χ1v) is 5.84. The molecule has 14 heavy (non-hydrogen) atoms. The highest BCUT2D eigenvalue weighted by molar-refractivity contribution is 5.77. The van der Waals surface area contributed by atoms with E-state index in [0.29, 0.717) is 12.5 Å². The fraction of sp³-hybridized carbons (Fsp3) is 0.917. The van der Waals surface area contributed by atoms with Crippen molar-refractivity contribution in [1.29, 1.82) is 0 Å². The van der Waals surface area contributed by atoms with Gasteiger partial charge in [0.15, 0.2) is 0 Å². The number of carbonyl (C=O) groups excluding carboxylic acids is 1. The van der Waals surface area contributed by atoms with Crippen molar-refractivity contribution in [2.45, 2.75) is 46.0 Å². The summed E-state index contributed by atoms with van der Waals surface area (Å²) in [5.74, 6) is 1.47. The Morgan fingerprint density at radius 2 is 2.29 bits per heavy atom. The molecule has 0 aromatic rings. The van der Waals surface area contributed by atoms with Crippen molar-refractivity contribution in [3.63, 3.8) is 0 Å². The second-order valence-electron chi connectivity index (χ2n) is 5.13. The normalized spacial score (nSPS) is 40.1. The maximum Gasteiger partial charge on any atom is 0.312 e. The second-order valence-corrected chi connectivity index (χ2v) is 5.13. The predicted octanol–water partition coefficient (Wildman–Crippen LogP) is 2.77. The summed E-state index contributed by atoms with van der Waals surface area (Å²) in [4.78, 5) is 11.9. The molecule has 3 atom stereocenters. The summed E-state index contributed by atoms with van der Waals surface area (Å²) in [6.45, 7) is 4.73. The van der Waals surface area contributed by atoms with Gasteiger partial charge in [-0.1, -0.05) is 13.3 Å². The summed E-state index contributed by atoms with van der Waals surface area (Å²) >= 11 is 0. The molecule has 80 valence electrons. The first-order chi connectivity index (χ1) is 6.66. The van der Waals surface area contributed by atoms with Crippen LogP contribution in [0, 0.1) is 17.3 Å². The van der Waals surface area contributed by atoms with Crippen molar-refractivity contribution < 1.29 is 9.53 Å². The Morgan fingerprint density at radius 1 is 1.50 bits per heavy atom. The van der Waals surface area contributed by atoms with Crippen molar-refractivity contribution in [1.82, 2.24) is 0 Å². The van der Waals surface area contributed by atoms with Crippen molar-refractivity contribution >= 4 is 5.97 Å². The molecule has 2 bridgehead atoms. The summed E-state index contributed by atoms with van der Waals surface area (Å²) in [5, 5.41) is 0. The molecule has 2 fully saturated rings. The average molecular weight is 196 g/mol. The molecule has 0 saturated heterocycles. The van der Waals surface area contributed by atoms with Crippen LogP contribution in [0.2, 0.25) is 0 Å². The van der Waals surface area contributed by atoms with Crippen molar-refractivity contribution in [3.8, 4) is 0 Å². The molecule has 0 aromatic carbocycles. The molecule has 2 saturated carbocycles. The van der Waals surface area contributed by atoms with E-state index >= 15 is 0 Å². The van der Waals surface area contributed by atoms with E-state index < -0.39 is 0 Å². The number of fused-ring (bicyclic) bond motifs is 2. The van der Waals surface area contributed by atoms with Gasteiger partial charge in [0.25, 0.3) is 0 Å². The van der Waals surface area contributed by atoms with Gasteiger partial charge in [-0.3, -0.25) is 4.79 Å². The van der Waals surface area contributed by atoms with Crippen LogP contribution in [-0.2, 0) is 9.53 Å². The van der Waals surface area contributed by atoms with E-state index in [-0.39, 0.29) is 11.4 Å². The van der Waals surface area contributed by atoms with Gasteiger partial charge < -0.3 is 4.74 Å². The Labute approximate surface area is 86.0 Å². The van der Waals surface area contributed by atoms with E-state index in [4.69, 9.17) is 4.74 Å². The van der Waals surface area contributed by atoms with Gasteiger partial charge in [0, 0.05) is 0 Å². The third kappa shape index (κ3) is 1.45. The molecule has 2 heteroatoms. The van der Waals surface area contributed by atoms with Crippen molar-refractivity contribution in [2.75, 3.05) is 6.61 Å². The van der Waals surface area contributed by atoms with Crippen LogP contribution in [0.25, 0.3) is 0 Å². The Bertz CT molecular complexity index is 236. The minimum absolute atomic E-state index is 0.0616. The zero-order chi connectivity index (χ0) is 10.2. The molecule has 0 radical (unpaired) electrons. The van der Waals surface area contributed by atoms with E-state index in [1.54, 1.807) is 0 Å². The minimum Gasteiger partial charge on any atom is -0.465 e. The molecule has 2 aliphatic rings. The first kappa shape index (κ1) is 10.0. The molecule has 0 aliphatic heterocycles. The van der Waals surface area contributed by atoms with E-state index in [0.717, 1.165) is 18.8 Å². The molecule has 2 nitrogen and oxygen atoms in total. The summed E-state index contributed by atoms with van der Waals surface area (Å²) < 4.78 is 5.29. The monoisotopic (exact) mass is 196 g/mol. The van der Waals surface area contributed by atoms with Gasteiger partial charge in [0.2, 0.25) is 0 Å². The fourth-order valence-corrected chi connectivity index (χ4v) is 3.22. The maximum atomic E-state index is 11.9. The van der Waals surface area contributed by atoms with Gasteiger partial charge in [-0.25, -0.2) is 0 Å². The number of carbonyl (C=O) groups is 1. The standard InChI is InChI=1S/C12H20O2/c1-3-6-14-11(13)12(2)8-9-4-5-10(12)7-9/h9-10H,3-8H2,1-2H3. The Kier molecular flexibility index (Phi) is 2.54. The second kappa shape index (κ2) is 3.56. The Morgan fingerprint density at radius 3 is 2.79 bits per heavy atom. The number of rotatable bonds is 3. The molecule has 2 aliphatic carbocycles. The van der Waals surface area contributed by atoms with E-state index in [2.05, 4.69) is 6.92 Å². The minimum atomic E-state index is -0.141. The molecular formula is C12H20O2. The molecule has 0 heterocycles. The molecule has 0 N–H and O–H groups in total. The quantitative estimate of drug-likeness (QED) is 0.649. The molecule has 0 aromatic heterocycles. The van der Waals surface area contributed by atoms with E-state index in [1.807, 2.05) is 6.92 Å². The van der Waals surface area contributed by atoms with Crippen LogP contribution in [0.4, 0.5) is 0 Å². The Hall–Kier alpha value is -0.530. The van der Waals surface area contributed by atoms with Crippen LogP contribution in [0.1, 0.15) is 46.0 Å². The van der Waals surface area contributed by atoms with Gasteiger partial charge in [-0.05, 0) is 44.4 Å². The largest absolute Gasteiger partial charge is 0.465 e. The van der Waals surface area contributed by atoms with Crippen molar-refractivity contribution in [3.05, 3.63) is 0 Å². The van der Waals surface area contributed by atoms with E-state index in [1.165, 1.54) is 19.3 Å². The molecule has 0 amide bonds. The third-order valence-electron chi connectivity index (χ3n) is 4.06. The predicted molar refractivity (Wildman–Crippen MR) is 54.8 cm³/mol. The highest BCUT2D eigenvalue weighted by Crippen LogP contribution is 2.56. The fourth-order valence-electron chi connectivity index (χ4n) is 3.22. The van der Waals surface area contributed by atoms with Crippen molar-refractivity contribution in [2.24, 2.45) is 17.3 Å². The summed E-state index contributed by atoms with van der Waals surface area (Å²) in [7, 11) is 0. The zero-order valence-corrected chi connectivity index (χ0v) is 9.21. The lowest BCUT2D eigenvalue weighted by Crippen LogP contribution is -2.35. The Balaban J connectivity index is 1.99. The molecule has 0 spiro atoms. The molecular weight excluding hydrogens is 176 g/mol.